The van der Waals surface area contributed by atoms with Crippen molar-refractivity contribution in [2.75, 3.05) is 0 Å². The van der Waals surface area contributed by atoms with E-state index in [1.807, 2.05) is 0 Å². The number of halogens is 3. The Kier molecular flexibility index (Phi) is 4.07. The summed E-state index contributed by atoms with van der Waals surface area (Å²) in [4.78, 5) is 11.7. The van der Waals surface area contributed by atoms with Crippen LogP contribution in [0.5, 0.6) is 0 Å². The molecule has 0 aliphatic heterocycles. The standard InChI is InChI=1S/C15H9ClF2O/c16-11-4-1-10(2-5-11)3-8-15(19)13-9-12(17)6-7-14(13)18/h1-9H/b8-3+. The minimum atomic E-state index is -0.743. The highest BCUT2D eigenvalue weighted by atomic mass is 35.5. The Balaban J connectivity index is 2.21. The Morgan fingerprint density at radius 2 is 1.74 bits per heavy atom. The molecule has 0 atom stereocenters. The maximum Gasteiger partial charge on any atom is 0.188 e. The molecule has 0 unspecified atom stereocenters. The zero-order valence-electron chi connectivity index (χ0n) is 9.74. The van der Waals surface area contributed by atoms with Gasteiger partial charge in [0, 0.05) is 5.02 Å². The van der Waals surface area contributed by atoms with E-state index < -0.39 is 17.4 Å². The third-order valence-corrected chi connectivity index (χ3v) is 2.74. The van der Waals surface area contributed by atoms with Gasteiger partial charge in [-0.3, -0.25) is 4.79 Å². The molecule has 0 N–H and O–H groups in total. The van der Waals surface area contributed by atoms with Gasteiger partial charge in [0.05, 0.1) is 5.56 Å². The van der Waals surface area contributed by atoms with E-state index >= 15 is 0 Å². The summed E-state index contributed by atoms with van der Waals surface area (Å²) in [6.45, 7) is 0. The van der Waals surface area contributed by atoms with E-state index in [0.29, 0.717) is 5.02 Å². The summed E-state index contributed by atoms with van der Waals surface area (Å²) in [5.41, 5.74) is 0.458. The zero-order valence-corrected chi connectivity index (χ0v) is 10.5. The van der Waals surface area contributed by atoms with Crippen LogP contribution in [-0.2, 0) is 0 Å². The number of benzene rings is 2. The van der Waals surface area contributed by atoms with Gasteiger partial charge in [-0.25, -0.2) is 8.78 Å². The van der Waals surface area contributed by atoms with E-state index in [0.717, 1.165) is 23.8 Å². The smallest absolute Gasteiger partial charge is 0.188 e. The molecule has 1 nitrogen and oxygen atoms in total. The number of allylic oxidation sites excluding steroid dienone is 1. The predicted octanol–water partition coefficient (Wildman–Crippen LogP) is 4.51. The van der Waals surface area contributed by atoms with Gasteiger partial charge in [-0.2, -0.15) is 0 Å². The largest absolute Gasteiger partial charge is 0.289 e. The minimum Gasteiger partial charge on any atom is -0.289 e. The molecular formula is C15H9ClF2O. The maximum atomic E-state index is 13.4. The molecule has 0 fully saturated rings. The molecule has 0 aliphatic carbocycles. The van der Waals surface area contributed by atoms with Crippen molar-refractivity contribution in [3.8, 4) is 0 Å². The highest BCUT2D eigenvalue weighted by Crippen LogP contribution is 2.13. The first-order valence-electron chi connectivity index (χ1n) is 5.49. The molecule has 0 aromatic heterocycles. The van der Waals surface area contributed by atoms with Crippen LogP contribution in [0.1, 0.15) is 15.9 Å². The summed E-state index contributed by atoms with van der Waals surface area (Å²) < 4.78 is 26.3. The van der Waals surface area contributed by atoms with E-state index in [2.05, 4.69) is 0 Å². The van der Waals surface area contributed by atoms with Gasteiger partial charge in [0.2, 0.25) is 0 Å². The number of hydrogen-bond acceptors (Lipinski definition) is 1. The third-order valence-electron chi connectivity index (χ3n) is 2.49. The number of ketones is 1. The first-order chi connectivity index (χ1) is 9.06. The lowest BCUT2D eigenvalue weighted by Gasteiger charge is -1.99. The molecule has 0 radical (unpaired) electrons. The minimum absolute atomic E-state index is 0.287. The fourth-order valence-electron chi connectivity index (χ4n) is 1.52. The third kappa shape index (κ3) is 3.48. The molecule has 0 bridgehead atoms. The van der Waals surface area contributed by atoms with Crippen molar-refractivity contribution in [3.05, 3.63) is 76.3 Å². The molecule has 0 heterocycles. The van der Waals surface area contributed by atoms with Gasteiger partial charge in [-0.15, -0.1) is 0 Å². The second-order valence-electron chi connectivity index (χ2n) is 3.87. The van der Waals surface area contributed by atoms with Crippen LogP contribution < -0.4 is 0 Å². The van der Waals surface area contributed by atoms with Crippen molar-refractivity contribution >= 4 is 23.5 Å². The molecule has 0 saturated carbocycles. The maximum absolute atomic E-state index is 13.4. The summed E-state index contributed by atoms with van der Waals surface area (Å²) in [5, 5.41) is 0.583. The van der Waals surface area contributed by atoms with E-state index in [1.165, 1.54) is 12.2 Å². The van der Waals surface area contributed by atoms with Crippen LogP contribution in [0.15, 0.2) is 48.5 Å². The summed E-state index contributed by atoms with van der Waals surface area (Å²) >= 11 is 5.73. The zero-order chi connectivity index (χ0) is 13.8. The second-order valence-corrected chi connectivity index (χ2v) is 4.31. The van der Waals surface area contributed by atoms with Crippen molar-refractivity contribution < 1.29 is 13.6 Å². The Morgan fingerprint density at radius 1 is 1.05 bits per heavy atom. The summed E-state index contributed by atoms with van der Waals surface area (Å²) in [7, 11) is 0. The lowest BCUT2D eigenvalue weighted by atomic mass is 10.1. The van der Waals surface area contributed by atoms with Crippen LogP contribution in [0.2, 0.25) is 5.02 Å². The van der Waals surface area contributed by atoms with Crippen molar-refractivity contribution in [1.82, 2.24) is 0 Å². The van der Waals surface area contributed by atoms with Crippen molar-refractivity contribution in [2.45, 2.75) is 0 Å². The molecule has 0 saturated heterocycles. The Morgan fingerprint density at radius 3 is 2.42 bits per heavy atom. The number of carbonyl (C=O) groups excluding carboxylic acids is 1. The van der Waals surface area contributed by atoms with Crippen molar-refractivity contribution in [2.24, 2.45) is 0 Å². The molecule has 2 rings (SSSR count). The molecule has 2 aromatic carbocycles. The van der Waals surface area contributed by atoms with Gasteiger partial charge in [0.1, 0.15) is 11.6 Å². The Labute approximate surface area is 114 Å². The number of rotatable bonds is 3. The van der Waals surface area contributed by atoms with Crippen LogP contribution in [0, 0.1) is 11.6 Å². The highest BCUT2D eigenvalue weighted by molar-refractivity contribution is 6.30. The van der Waals surface area contributed by atoms with E-state index in [9.17, 15) is 13.6 Å². The molecule has 0 spiro atoms. The molecule has 0 aliphatic rings. The average molecular weight is 279 g/mol. The fourth-order valence-corrected chi connectivity index (χ4v) is 1.65. The molecular weight excluding hydrogens is 270 g/mol. The lowest BCUT2D eigenvalue weighted by Crippen LogP contribution is -1.99. The first-order valence-corrected chi connectivity index (χ1v) is 5.87. The van der Waals surface area contributed by atoms with Gasteiger partial charge in [-0.05, 0) is 42.0 Å². The Bertz CT molecular complexity index is 633. The molecule has 0 amide bonds. The second kappa shape index (κ2) is 5.76. The monoisotopic (exact) mass is 278 g/mol. The van der Waals surface area contributed by atoms with Gasteiger partial charge >= 0.3 is 0 Å². The van der Waals surface area contributed by atoms with Crippen LogP contribution in [0.25, 0.3) is 6.08 Å². The molecule has 19 heavy (non-hydrogen) atoms. The molecule has 2 aromatic rings. The molecule has 96 valence electrons. The van der Waals surface area contributed by atoms with Crippen LogP contribution in [0.4, 0.5) is 8.78 Å². The molecule has 4 heteroatoms. The summed E-state index contributed by atoms with van der Waals surface area (Å²) in [6, 6.07) is 9.56. The van der Waals surface area contributed by atoms with Gasteiger partial charge < -0.3 is 0 Å². The first kappa shape index (κ1) is 13.4. The topological polar surface area (TPSA) is 17.1 Å². The van der Waals surface area contributed by atoms with Gasteiger partial charge in [0.25, 0.3) is 0 Å². The number of hydrogen-bond donors (Lipinski definition) is 0. The van der Waals surface area contributed by atoms with Crippen molar-refractivity contribution in [1.29, 1.82) is 0 Å². The van der Waals surface area contributed by atoms with Gasteiger partial charge in [0.15, 0.2) is 5.78 Å². The SMILES string of the molecule is O=C(/C=C/c1ccc(Cl)cc1)c1cc(F)ccc1F. The van der Waals surface area contributed by atoms with Crippen LogP contribution >= 0.6 is 11.6 Å². The lowest BCUT2D eigenvalue weighted by molar-refractivity contribution is 0.104. The van der Waals surface area contributed by atoms with Gasteiger partial charge in [-0.1, -0.05) is 29.8 Å². The summed E-state index contributed by atoms with van der Waals surface area (Å²) in [6.07, 6.45) is 2.71. The number of carbonyl (C=O) groups is 1. The normalized spacial score (nSPS) is 10.9. The van der Waals surface area contributed by atoms with E-state index in [-0.39, 0.29) is 5.56 Å². The highest BCUT2D eigenvalue weighted by Gasteiger charge is 2.09. The van der Waals surface area contributed by atoms with Crippen LogP contribution in [0.3, 0.4) is 0 Å². The Hall–Kier alpha value is -2.00. The quantitative estimate of drug-likeness (QED) is 0.596. The predicted molar refractivity (Wildman–Crippen MR) is 71.2 cm³/mol. The van der Waals surface area contributed by atoms with E-state index in [4.69, 9.17) is 11.6 Å². The van der Waals surface area contributed by atoms with Crippen LogP contribution in [-0.4, -0.2) is 5.78 Å². The summed E-state index contributed by atoms with van der Waals surface area (Å²) in [5.74, 6) is -1.98. The van der Waals surface area contributed by atoms with E-state index in [1.54, 1.807) is 24.3 Å². The average Bonchev–Trinajstić information content (AvgIpc) is 2.40. The van der Waals surface area contributed by atoms with Crippen molar-refractivity contribution in [3.63, 3.8) is 0 Å². The fraction of sp³-hybridized carbons (Fsp3) is 0.